The van der Waals surface area contributed by atoms with E-state index in [1.165, 1.54) is 0 Å². The van der Waals surface area contributed by atoms with Gasteiger partial charge >= 0.3 is 0 Å². The van der Waals surface area contributed by atoms with Gasteiger partial charge in [0, 0.05) is 30.9 Å². The number of ether oxygens (including phenoxy) is 1. The summed E-state index contributed by atoms with van der Waals surface area (Å²) in [7, 11) is 3.55. The summed E-state index contributed by atoms with van der Waals surface area (Å²) in [6, 6.07) is 2.24. The van der Waals surface area contributed by atoms with E-state index in [0.29, 0.717) is 11.8 Å². The molecule has 0 atom stereocenters. The van der Waals surface area contributed by atoms with Gasteiger partial charge in [0.2, 0.25) is 5.95 Å². The Morgan fingerprint density at radius 2 is 2.14 bits per heavy atom. The fourth-order valence-electron chi connectivity index (χ4n) is 2.10. The molecule has 7 nitrogen and oxygen atoms in total. The van der Waals surface area contributed by atoms with Crippen LogP contribution in [0.1, 0.15) is 19.9 Å². The van der Waals surface area contributed by atoms with Crippen LogP contribution in [0.2, 0.25) is 0 Å². The molecule has 0 radical (unpaired) electrons. The topological polar surface area (TPSA) is 69.8 Å². The molecule has 3 aromatic heterocycles. The Kier molecular flexibility index (Phi) is 3.25. The van der Waals surface area contributed by atoms with Crippen LogP contribution >= 0.6 is 0 Å². The summed E-state index contributed by atoms with van der Waals surface area (Å²) in [5, 5.41) is 8.54. The molecule has 0 aliphatic carbocycles. The second-order valence-corrected chi connectivity index (χ2v) is 5.15. The lowest BCUT2D eigenvalue weighted by Crippen LogP contribution is -2.00. The van der Waals surface area contributed by atoms with Crippen molar-refractivity contribution in [3.05, 3.63) is 24.7 Å². The molecule has 3 rings (SSSR count). The van der Waals surface area contributed by atoms with Crippen LogP contribution in [-0.4, -0.2) is 31.4 Å². The summed E-state index contributed by atoms with van der Waals surface area (Å²) in [6.07, 6.45) is 5.65. The molecule has 0 aliphatic heterocycles. The van der Waals surface area contributed by atoms with Gasteiger partial charge in [0.25, 0.3) is 5.88 Å². The van der Waals surface area contributed by atoms with Crippen LogP contribution in [0.5, 0.6) is 5.88 Å². The summed E-state index contributed by atoms with van der Waals surface area (Å²) in [6.45, 7) is 4.12. The monoisotopic (exact) mass is 286 g/mol. The molecule has 3 heterocycles. The van der Waals surface area contributed by atoms with Crippen molar-refractivity contribution in [3.63, 3.8) is 0 Å². The number of hydrogen-bond donors (Lipinski definition) is 1. The SMILES string of the molecule is COc1nn(C(C)C)cc1Nc1ncc2ccn(C)c2n1. The fraction of sp³-hybridized carbons (Fsp3) is 0.357. The molecule has 0 saturated carbocycles. The van der Waals surface area contributed by atoms with E-state index < -0.39 is 0 Å². The molecule has 21 heavy (non-hydrogen) atoms. The van der Waals surface area contributed by atoms with Crippen LogP contribution in [0.4, 0.5) is 11.6 Å². The van der Waals surface area contributed by atoms with Crippen molar-refractivity contribution in [1.82, 2.24) is 24.3 Å². The Balaban J connectivity index is 1.95. The van der Waals surface area contributed by atoms with E-state index in [1.807, 2.05) is 34.8 Å². The average molecular weight is 286 g/mol. The second-order valence-electron chi connectivity index (χ2n) is 5.15. The zero-order valence-corrected chi connectivity index (χ0v) is 12.5. The number of nitrogens with one attached hydrogen (secondary N) is 1. The van der Waals surface area contributed by atoms with Gasteiger partial charge in [-0.2, -0.15) is 4.98 Å². The maximum Gasteiger partial charge on any atom is 0.256 e. The molecular formula is C14H18N6O. The molecule has 3 aromatic rings. The Hall–Kier alpha value is -2.57. The van der Waals surface area contributed by atoms with Crippen molar-refractivity contribution in [2.75, 3.05) is 12.4 Å². The summed E-state index contributed by atoms with van der Waals surface area (Å²) in [5.74, 6) is 1.05. The van der Waals surface area contributed by atoms with Crippen LogP contribution < -0.4 is 10.1 Å². The zero-order chi connectivity index (χ0) is 15.0. The number of fused-ring (bicyclic) bond motifs is 1. The third-order valence-corrected chi connectivity index (χ3v) is 3.27. The van der Waals surface area contributed by atoms with Crippen molar-refractivity contribution in [3.8, 4) is 5.88 Å². The number of hydrogen-bond acceptors (Lipinski definition) is 5. The molecular weight excluding hydrogens is 268 g/mol. The first-order chi connectivity index (χ1) is 10.1. The molecule has 0 spiro atoms. The summed E-state index contributed by atoms with van der Waals surface area (Å²) < 4.78 is 9.08. The van der Waals surface area contributed by atoms with Crippen molar-refractivity contribution in [1.29, 1.82) is 0 Å². The first-order valence-corrected chi connectivity index (χ1v) is 6.76. The van der Waals surface area contributed by atoms with Gasteiger partial charge in [-0.25, -0.2) is 4.98 Å². The van der Waals surface area contributed by atoms with E-state index >= 15 is 0 Å². The third kappa shape index (κ3) is 2.42. The van der Waals surface area contributed by atoms with Crippen LogP contribution in [0, 0.1) is 0 Å². The molecule has 110 valence electrons. The Bertz CT molecular complexity index is 773. The van der Waals surface area contributed by atoms with Gasteiger partial charge in [0.05, 0.1) is 13.3 Å². The van der Waals surface area contributed by atoms with E-state index in [-0.39, 0.29) is 6.04 Å². The average Bonchev–Trinajstić information content (AvgIpc) is 3.04. The predicted octanol–water partition coefficient (Wildman–Crippen LogP) is 2.50. The van der Waals surface area contributed by atoms with Gasteiger partial charge < -0.3 is 14.6 Å². The van der Waals surface area contributed by atoms with E-state index in [9.17, 15) is 0 Å². The maximum atomic E-state index is 5.29. The first kappa shape index (κ1) is 13.4. The molecule has 1 N–H and O–H groups in total. The van der Waals surface area contributed by atoms with Gasteiger partial charge in [-0.1, -0.05) is 0 Å². The molecule has 0 amide bonds. The highest BCUT2D eigenvalue weighted by molar-refractivity contribution is 5.76. The van der Waals surface area contributed by atoms with Crippen molar-refractivity contribution in [2.45, 2.75) is 19.9 Å². The maximum absolute atomic E-state index is 5.29. The minimum absolute atomic E-state index is 0.255. The summed E-state index contributed by atoms with van der Waals surface area (Å²) in [4.78, 5) is 8.82. The van der Waals surface area contributed by atoms with Crippen LogP contribution in [0.25, 0.3) is 11.0 Å². The number of nitrogens with zero attached hydrogens (tertiary/aromatic N) is 5. The molecule has 0 saturated heterocycles. The van der Waals surface area contributed by atoms with Gasteiger partial charge in [-0.05, 0) is 19.9 Å². The summed E-state index contributed by atoms with van der Waals surface area (Å²) in [5.41, 5.74) is 1.63. The van der Waals surface area contributed by atoms with Crippen LogP contribution in [0.3, 0.4) is 0 Å². The van der Waals surface area contributed by atoms with Crippen LogP contribution in [0.15, 0.2) is 24.7 Å². The predicted molar refractivity (Wildman–Crippen MR) is 81.0 cm³/mol. The van der Waals surface area contributed by atoms with Gasteiger partial charge in [0.1, 0.15) is 11.3 Å². The van der Waals surface area contributed by atoms with Crippen molar-refractivity contribution >= 4 is 22.7 Å². The first-order valence-electron chi connectivity index (χ1n) is 6.76. The second kappa shape index (κ2) is 5.08. The lowest BCUT2D eigenvalue weighted by molar-refractivity contribution is 0.384. The zero-order valence-electron chi connectivity index (χ0n) is 12.5. The standard InChI is InChI=1S/C14H18N6O/c1-9(2)20-8-11(13(18-20)21-4)16-14-15-7-10-5-6-19(3)12(10)17-14/h5-9H,1-4H3,(H,15,16,17). The Morgan fingerprint density at radius 3 is 2.86 bits per heavy atom. The number of methoxy groups -OCH3 is 1. The minimum Gasteiger partial charge on any atom is -0.478 e. The van der Waals surface area contributed by atoms with E-state index in [0.717, 1.165) is 16.7 Å². The third-order valence-electron chi connectivity index (χ3n) is 3.27. The smallest absolute Gasteiger partial charge is 0.256 e. The van der Waals surface area contributed by atoms with Crippen molar-refractivity contribution < 1.29 is 4.74 Å². The molecule has 7 heteroatoms. The largest absolute Gasteiger partial charge is 0.478 e. The number of anilines is 2. The van der Waals surface area contributed by atoms with E-state index in [4.69, 9.17) is 4.74 Å². The van der Waals surface area contributed by atoms with Gasteiger partial charge in [0.15, 0.2) is 0 Å². The summed E-state index contributed by atoms with van der Waals surface area (Å²) >= 11 is 0. The molecule has 0 aromatic carbocycles. The Morgan fingerprint density at radius 1 is 1.33 bits per heavy atom. The minimum atomic E-state index is 0.255. The lowest BCUT2D eigenvalue weighted by Gasteiger charge is -2.04. The fourth-order valence-corrected chi connectivity index (χ4v) is 2.10. The molecule has 0 unspecified atom stereocenters. The van der Waals surface area contributed by atoms with Crippen molar-refractivity contribution in [2.24, 2.45) is 7.05 Å². The highest BCUT2D eigenvalue weighted by Crippen LogP contribution is 2.26. The van der Waals surface area contributed by atoms with Gasteiger partial charge in [-0.3, -0.25) is 4.68 Å². The number of aromatic nitrogens is 5. The van der Waals surface area contributed by atoms with Crippen LogP contribution in [-0.2, 0) is 7.05 Å². The van der Waals surface area contributed by atoms with E-state index in [1.54, 1.807) is 13.3 Å². The normalized spacial score (nSPS) is 11.3. The molecule has 0 bridgehead atoms. The molecule has 0 fully saturated rings. The number of rotatable bonds is 4. The van der Waals surface area contributed by atoms with Gasteiger partial charge in [-0.15, -0.1) is 5.10 Å². The Labute approximate surface area is 122 Å². The quantitative estimate of drug-likeness (QED) is 0.798. The highest BCUT2D eigenvalue weighted by atomic mass is 16.5. The number of aryl methyl sites for hydroxylation is 1. The molecule has 0 aliphatic rings. The lowest BCUT2D eigenvalue weighted by atomic mass is 10.4. The highest BCUT2D eigenvalue weighted by Gasteiger charge is 2.13. The van der Waals surface area contributed by atoms with E-state index in [2.05, 4.69) is 34.2 Å².